The molecule has 10 nitrogen and oxygen atoms in total. The minimum atomic E-state index is -3.68. The topological polar surface area (TPSA) is 148 Å². The first-order valence-electron chi connectivity index (χ1n) is 9.81. The van der Waals surface area contributed by atoms with Crippen molar-refractivity contribution in [2.75, 3.05) is 17.2 Å². The van der Waals surface area contributed by atoms with Gasteiger partial charge in [0.2, 0.25) is 16.0 Å². The van der Waals surface area contributed by atoms with Crippen LogP contribution < -0.4 is 21.1 Å². The Bertz CT molecular complexity index is 1310. The van der Waals surface area contributed by atoms with Gasteiger partial charge in [0.1, 0.15) is 0 Å². The van der Waals surface area contributed by atoms with E-state index in [2.05, 4.69) is 31.8 Å². The second-order valence-electron chi connectivity index (χ2n) is 6.98. The van der Waals surface area contributed by atoms with Crippen molar-refractivity contribution in [3.05, 3.63) is 71.7 Å². The number of benzene rings is 2. The van der Waals surface area contributed by atoms with Gasteiger partial charge in [-0.3, -0.25) is 0 Å². The summed E-state index contributed by atoms with van der Waals surface area (Å²) in [6.07, 6.45) is 5.40. The summed E-state index contributed by atoms with van der Waals surface area (Å²) in [5.41, 5.74) is 2.33. The molecular weight excluding hydrogens is 463 g/mol. The van der Waals surface area contributed by atoms with E-state index in [-0.39, 0.29) is 30.7 Å². The molecule has 0 aliphatic carbocycles. The van der Waals surface area contributed by atoms with Crippen LogP contribution in [0.15, 0.2) is 54.7 Å². The zero-order valence-corrected chi connectivity index (χ0v) is 18.6. The maximum absolute atomic E-state index is 14.3. The van der Waals surface area contributed by atoms with Gasteiger partial charge in [-0.2, -0.15) is 4.98 Å². The lowest BCUT2D eigenvalue weighted by atomic mass is 10.2. The predicted octanol–water partition coefficient (Wildman–Crippen LogP) is 2.75. The molecule has 0 saturated heterocycles. The quantitative estimate of drug-likeness (QED) is 0.339. The van der Waals surface area contributed by atoms with Crippen molar-refractivity contribution in [3.8, 4) is 12.3 Å². The Balaban J connectivity index is 1.65. The second-order valence-corrected chi connectivity index (χ2v) is 8.59. The van der Waals surface area contributed by atoms with E-state index in [1.807, 2.05) is 0 Å². The molecule has 0 aliphatic heterocycles. The number of carbonyl (C=O) groups is 1. The molecule has 176 valence electrons. The molecule has 0 unspecified atom stereocenters. The third kappa shape index (κ3) is 7.73. The maximum Gasteiger partial charge on any atom is 0.408 e. The zero-order valence-electron chi connectivity index (χ0n) is 17.8. The van der Waals surface area contributed by atoms with Crippen molar-refractivity contribution in [2.24, 2.45) is 5.14 Å². The van der Waals surface area contributed by atoms with E-state index in [4.69, 9.17) is 16.3 Å². The van der Waals surface area contributed by atoms with Crippen LogP contribution in [0.3, 0.4) is 0 Å². The lowest BCUT2D eigenvalue weighted by Gasteiger charge is -2.11. The van der Waals surface area contributed by atoms with Gasteiger partial charge in [0.25, 0.3) is 0 Å². The molecule has 3 aromatic rings. The Hall–Kier alpha value is -4.21. The van der Waals surface area contributed by atoms with Crippen LogP contribution in [0.1, 0.15) is 11.1 Å². The molecule has 5 N–H and O–H groups in total. The number of anilines is 4. The molecule has 0 atom stereocenters. The summed E-state index contributed by atoms with van der Waals surface area (Å²) in [4.78, 5) is 19.5. The number of aromatic nitrogens is 2. The third-order valence-corrected chi connectivity index (χ3v) is 4.97. The van der Waals surface area contributed by atoms with Crippen LogP contribution >= 0.6 is 0 Å². The van der Waals surface area contributed by atoms with Crippen LogP contribution in [0.4, 0.5) is 32.3 Å². The first-order valence-corrected chi connectivity index (χ1v) is 11.5. The van der Waals surface area contributed by atoms with Gasteiger partial charge < -0.3 is 20.7 Å². The Kier molecular flexibility index (Phi) is 7.96. The number of carbonyl (C=O) groups excluding carboxylic acids is 1. The predicted molar refractivity (Wildman–Crippen MR) is 125 cm³/mol. The van der Waals surface area contributed by atoms with Gasteiger partial charge in [-0.1, -0.05) is 30.2 Å². The minimum absolute atomic E-state index is 0.0677. The van der Waals surface area contributed by atoms with Crippen LogP contribution in [-0.4, -0.2) is 31.1 Å². The molecule has 34 heavy (non-hydrogen) atoms. The van der Waals surface area contributed by atoms with Gasteiger partial charge in [0.15, 0.2) is 18.2 Å². The van der Waals surface area contributed by atoms with E-state index in [1.54, 1.807) is 48.5 Å². The van der Waals surface area contributed by atoms with Crippen molar-refractivity contribution in [3.63, 3.8) is 0 Å². The molecule has 0 spiro atoms. The Morgan fingerprint density at radius 2 is 1.88 bits per heavy atom. The summed E-state index contributed by atoms with van der Waals surface area (Å²) in [5.74, 6) is 1.24. The molecule has 0 saturated carbocycles. The SMILES string of the molecule is C#CCOC(=O)NCc1ccc(Nc2nc(Nc3cccc(CS(N)(=O)=O)c3)ncc2F)cc1. The molecule has 1 heterocycles. The minimum Gasteiger partial charge on any atom is -0.436 e. The number of nitrogens with zero attached hydrogens (tertiary/aromatic N) is 2. The number of amides is 1. The standard InChI is InChI=1S/C22H21FN6O4S/c1-2-10-33-22(30)26-12-15-6-8-17(9-7-15)27-20-19(23)13-25-21(29-20)28-18-5-3-4-16(11-18)14-34(24,31)32/h1,3-9,11,13H,10,12,14H2,(H,26,30)(H2,24,31,32)(H2,25,27,28,29). The van der Waals surface area contributed by atoms with Crippen LogP contribution in [0.5, 0.6) is 0 Å². The van der Waals surface area contributed by atoms with Gasteiger partial charge >= 0.3 is 6.09 Å². The Morgan fingerprint density at radius 1 is 1.12 bits per heavy atom. The fourth-order valence-electron chi connectivity index (χ4n) is 2.79. The monoisotopic (exact) mass is 484 g/mol. The number of sulfonamides is 1. The van der Waals surface area contributed by atoms with Crippen molar-refractivity contribution in [1.82, 2.24) is 15.3 Å². The summed E-state index contributed by atoms with van der Waals surface area (Å²) in [7, 11) is -3.68. The van der Waals surface area contributed by atoms with Crippen LogP contribution in [0, 0.1) is 18.2 Å². The molecule has 12 heteroatoms. The van der Waals surface area contributed by atoms with E-state index in [9.17, 15) is 17.6 Å². The summed E-state index contributed by atoms with van der Waals surface area (Å²) < 4.78 is 41.6. The summed E-state index contributed by atoms with van der Waals surface area (Å²) in [6.45, 7) is 0.112. The van der Waals surface area contributed by atoms with E-state index in [1.165, 1.54) is 0 Å². The molecule has 1 amide bonds. The highest BCUT2D eigenvalue weighted by Gasteiger charge is 2.10. The van der Waals surface area contributed by atoms with Gasteiger partial charge in [-0.15, -0.1) is 6.42 Å². The lowest BCUT2D eigenvalue weighted by Crippen LogP contribution is -2.23. The van der Waals surface area contributed by atoms with Gasteiger partial charge in [0, 0.05) is 17.9 Å². The average Bonchev–Trinajstić information content (AvgIpc) is 2.78. The number of rotatable bonds is 9. The smallest absolute Gasteiger partial charge is 0.408 e. The van der Waals surface area contributed by atoms with Crippen molar-refractivity contribution in [1.29, 1.82) is 0 Å². The maximum atomic E-state index is 14.3. The Morgan fingerprint density at radius 3 is 2.59 bits per heavy atom. The highest BCUT2D eigenvalue weighted by atomic mass is 32.2. The molecule has 1 aromatic heterocycles. The molecular formula is C22H21FN6O4S. The van der Waals surface area contributed by atoms with E-state index in [0.29, 0.717) is 16.9 Å². The number of hydrogen-bond donors (Lipinski definition) is 4. The largest absolute Gasteiger partial charge is 0.436 e. The van der Waals surface area contributed by atoms with Gasteiger partial charge in [-0.05, 0) is 35.4 Å². The van der Waals surface area contributed by atoms with Gasteiger partial charge in [0.05, 0.1) is 11.9 Å². The summed E-state index contributed by atoms with van der Waals surface area (Å²) in [5, 5.41) is 13.4. The summed E-state index contributed by atoms with van der Waals surface area (Å²) >= 11 is 0. The fourth-order valence-corrected chi connectivity index (χ4v) is 3.43. The number of primary sulfonamides is 1. The van der Waals surface area contributed by atoms with Crippen LogP contribution in [0.2, 0.25) is 0 Å². The van der Waals surface area contributed by atoms with Crippen molar-refractivity contribution < 1.29 is 22.3 Å². The molecule has 0 fully saturated rings. The number of hydrogen-bond acceptors (Lipinski definition) is 8. The first kappa shape index (κ1) is 24.4. The molecule has 3 rings (SSSR count). The molecule has 0 aliphatic rings. The van der Waals surface area contributed by atoms with Crippen molar-refractivity contribution in [2.45, 2.75) is 12.3 Å². The fraction of sp³-hybridized carbons (Fsp3) is 0.136. The summed E-state index contributed by atoms with van der Waals surface area (Å²) in [6, 6.07) is 13.4. The molecule has 0 radical (unpaired) electrons. The highest BCUT2D eigenvalue weighted by molar-refractivity contribution is 7.88. The number of terminal acetylenes is 1. The molecule has 2 aromatic carbocycles. The Labute approximate surface area is 195 Å². The van der Waals surface area contributed by atoms with Crippen LogP contribution in [0.25, 0.3) is 0 Å². The molecule has 0 bridgehead atoms. The van der Waals surface area contributed by atoms with Crippen molar-refractivity contribution >= 4 is 39.3 Å². The average molecular weight is 485 g/mol. The number of nitrogens with one attached hydrogen (secondary N) is 3. The number of halogens is 1. The number of nitrogens with two attached hydrogens (primary N) is 1. The van der Waals surface area contributed by atoms with E-state index >= 15 is 0 Å². The highest BCUT2D eigenvalue weighted by Crippen LogP contribution is 2.21. The van der Waals surface area contributed by atoms with E-state index < -0.39 is 21.9 Å². The first-order chi connectivity index (χ1) is 16.2. The number of alkyl carbamates (subject to hydrolysis) is 1. The van der Waals surface area contributed by atoms with E-state index in [0.717, 1.165) is 11.8 Å². The second kappa shape index (κ2) is 11.1. The lowest BCUT2D eigenvalue weighted by molar-refractivity contribution is 0.159. The zero-order chi connectivity index (χ0) is 24.6. The number of ether oxygens (including phenoxy) is 1. The normalized spacial score (nSPS) is 10.7. The van der Waals surface area contributed by atoms with Gasteiger partial charge in [-0.25, -0.2) is 27.7 Å². The third-order valence-electron chi connectivity index (χ3n) is 4.24. The van der Waals surface area contributed by atoms with Crippen LogP contribution in [-0.2, 0) is 27.1 Å².